The molecule has 412 valence electrons. The normalized spacial score (nSPS) is 16.0. The number of aromatic hydroxyl groups is 1. The van der Waals surface area contributed by atoms with Gasteiger partial charge in [-0.3, -0.25) is 49.2 Å². The monoisotopic (exact) mass is 1100 g/mol. The van der Waals surface area contributed by atoms with Crippen molar-refractivity contribution < 1.29 is 57.8 Å². The van der Waals surface area contributed by atoms with Crippen LogP contribution in [0.1, 0.15) is 127 Å². The second kappa shape index (κ2) is 31.1. The molecule has 75 heavy (non-hydrogen) atoms. The Morgan fingerprint density at radius 3 is 2.39 bits per heavy atom. The van der Waals surface area contributed by atoms with E-state index < -0.39 is 83.6 Å². The number of thiazole rings is 1. The van der Waals surface area contributed by atoms with Gasteiger partial charge in [0.2, 0.25) is 17.7 Å². The van der Waals surface area contributed by atoms with Gasteiger partial charge in [0.1, 0.15) is 29.1 Å². The maximum Gasteiger partial charge on any atom is 0.426 e. The number of amides is 5. The van der Waals surface area contributed by atoms with Gasteiger partial charge in [0, 0.05) is 61.2 Å². The summed E-state index contributed by atoms with van der Waals surface area (Å²) in [5, 5.41) is 29.1. The van der Waals surface area contributed by atoms with Gasteiger partial charge in [-0.2, -0.15) is 0 Å². The zero-order chi connectivity index (χ0) is 55.2. The fourth-order valence-electron chi connectivity index (χ4n) is 8.20. The minimum atomic E-state index is -1.07. The van der Waals surface area contributed by atoms with Gasteiger partial charge in [-0.1, -0.05) is 77.3 Å². The lowest BCUT2D eigenvalue weighted by atomic mass is 9.92. The zero-order valence-electron chi connectivity index (χ0n) is 43.7. The summed E-state index contributed by atoms with van der Waals surface area (Å²) in [6, 6.07) is 6.33. The number of likely N-dealkylation sites (tertiary alicyclic amines) is 1. The molecule has 1 aromatic carbocycles. The van der Waals surface area contributed by atoms with Crippen molar-refractivity contribution in [2.24, 2.45) is 17.8 Å². The number of rotatable bonds is 28. The first-order valence-corrected chi connectivity index (χ1v) is 28.2. The van der Waals surface area contributed by atoms with Crippen molar-refractivity contribution in [3.05, 3.63) is 74.4 Å². The number of phenolic OH excluding ortho intramolecular Hbond substituents is 1. The smallest absolute Gasteiger partial charge is 0.426 e. The van der Waals surface area contributed by atoms with Gasteiger partial charge >= 0.3 is 23.7 Å². The summed E-state index contributed by atoms with van der Waals surface area (Å²) in [7, 11) is 4.14. The van der Waals surface area contributed by atoms with Crippen LogP contribution in [0.25, 0.3) is 0 Å². The molecule has 5 N–H and O–H groups in total. The molecule has 2 aromatic heterocycles. The molecule has 0 spiro atoms. The van der Waals surface area contributed by atoms with Crippen LogP contribution in [0.15, 0.2) is 53.0 Å². The number of esters is 2. The highest BCUT2D eigenvalue weighted by atomic mass is 33.1. The standard InChI is InChI=1S/C50H71N9O13S3/c1-9-14-42(62)71-29-58(49(66)43(31(5)10-2)54-46(65)38-15-11-12-22-57(38)8)40(30(3)4)27-41(72-33(7)60)48-53-37(28-73-48)45(64)52-35(26-34-17-19-36(61)20-18-34)25-32(6)44(63)55-56-50(67)70-23-24-74-75-47-39(59(68)69)16-13-21-51-47/h13,16-21,28,30-32,35,38,40-41,43,61H,9-12,14-15,22-27,29H2,1-8H3,(H,52,64)(H,54,65)(H,55,63)(H,56,67)/t31-,32-,35+,38?,40+,41+,43+/m0/s1. The number of nitro groups is 1. The number of carbonyl (C=O) groups excluding carboxylic acids is 7. The van der Waals surface area contributed by atoms with Crippen molar-refractivity contribution in [2.45, 2.75) is 142 Å². The number of hydrazine groups is 1. The van der Waals surface area contributed by atoms with Crippen LogP contribution in [0.2, 0.25) is 0 Å². The zero-order valence-corrected chi connectivity index (χ0v) is 46.2. The highest BCUT2D eigenvalue weighted by Crippen LogP contribution is 2.35. The quantitative estimate of drug-likeness (QED) is 0.00941. The van der Waals surface area contributed by atoms with Crippen LogP contribution in [0.3, 0.4) is 0 Å². The van der Waals surface area contributed by atoms with Crippen LogP contribution in [-0.4, -0.2) is 128 Å². The topological polar surface area (TPSA) is 291 Å². The van der Waals surface area contributed by atoms with Crippen LogP contribution in [0, 0.1) is 27.9 Å². The lowest BCUT2D eigenvalue weighted by Crippen LogP contribution is -2.59. The van der Waals surface area contributed by atoms with E-state index in [1.54, 1.807) is 19.1 Å². The maximum atomic E-state index is 14.9. The molecule has 1 aliphatic heterocycles. The first-order chi connectivity index (χ1) is 35.7. The van der Waals surface area contributed by atoms with Crippen molar-refractivity contribution in [1.29, 1.82) is 0 Å². The summed E-state index contributed by atoms with van der Waals surface area (Å²) in [4.78, 5) is 117. The van der Waals surface area contributed by atoms with E-state index in [1.165, 1.54) is 58.5 Å². The molecule has 3 aromatic rings. The SMILES string of the molecule is CCCC(=O)OCN(C(=O)[C@H](NC(=O)C1CCCCN1C)[C@@H](C)CC)[C@H](C[C@@H](OC(C)=O)c1nc(C(=O)N[C@@H](Cc2ccc(O)cc2)C[C@H](C)C(=O)NNC(=O)OCCSSc2ncccc2[N+](=O)[O-])cs1)C(C)C. The van der Waals surface area contributed by atoms with Gasteiger partial charge in [0.25, 0.3) is 5.91 Å². The summed E-state index contributed by atoms with van der Waals surface area (Å²) in [6.07, 6.45) is 3.41. The molecule has 25 heteroatoms. The Morgan fingerprint density at radius 2 is 1.73 bits per heavy atom. The van der Waals surface area contributed by atoms with Crippen LogP contribution in [0.4, 0.5) is 10.5 Å². The second-order valence-electron chi connectivity index (χ2n) is 18.7. The number of likely N-dealkylation sites (N-methyl/N-ethyl adjacent to an activating group) is 1. The van der Waals surface area contributed by atoms with Gasteiger partial charge in [-0.15, -0.1) is 11.3 Å². The van der Waals surface area contributed by atoms with Gasteiger partial charge in [0.15, 0.2) is 17.9 Å². The molecule has 3 heterocycles. The number of pyridine rings is 1. The molecule has 7 atom stereocenters. The van der Waals surface area contributed by atoms with E-state index in [0.29, 0.717) is 19.3 Å². The van der Waals surface area contributed by atoms with E-state index in [2.05, 4.69) is 31.5 Å². The number of aromatic nitrogens is 2. The molecule has 0 saturated carbocycles. The Labute approximate surface area is 449 Å². The fourth-order valence-corrected chi connectivity index (χ4v) is 10.9. The van der Waals surface area contributed by atoms with Gasteiger partial charge < -0.3 is 34.9 Å². The molecule has 22 nitrogen and oxygen atoms in total. The summed E-state index contributed by atoms with van der Waals surface area (Å²) in [5.74, 6) is -4.18. The average Bonchev–Trinajstić information content (AvgIpc) is 3.88. The Bertz CT molecular complexity index is 2400. The van der Waals surface area contributed by atoms with Crippen molar-refractivity contribution >= 4 is 80.3 Å². The highest BCUT2D eigenvalue weighted by molar-refractivity contribution is 8.76. The van der Waals surface area contributed by atoms with Crippen LogP contribution >= 0.6 is 32.9 Å². The Hall–Kier alpha value is -6.05. The third-order valence-electron chi connectivity index (χ3n) is 12.5. The van der Waals surface area contributed by atoms with E-state index >= 15 is 0 Å². The molecule has 1 aliphatic rings. The maximum absolute atomic E-state index is 14.9. The van der Waals surface area contributed by atoms with E-state index in [9.17, 15) is 48.8 Å². The summed E-state index contributed by atoms with van der Waals surface area (Å²) in [5.41, 5.74) is 5.09. The van der Waals surface area contributed by atoms with Crippen molar-refractivity contribution in [2.75, 3.05) is 32.7 Å². The van der Waals surface area contributed by atoms with E-state index in [1.807, 2.05) is 46.6 Å². The third kappa shape index (κ3) is 19.9. The first-order valence-electron chi connectivity index (χ1n) is 25.0. The van der Waals surface area contributed by atoms with Crippen LogP contribution < -0.4 is 21.5 Å². The van der Waals surface area contributed by atoms with Crippen molar-refractivity contribution in [3.63, 3.8) is 0 Å². The Balaban J connectivity index is 1.49. The second-order valence-corrected chi connectivity index (χ2v) is 22.0. The predicted octanol–water partition coefficient (Wildman–Crippen LogP) is 6.88. The van der Waals surface area contributed by atoms with Gasteiger partial charge in [-0.05, 0) is 92.1 Å². The van der Waals surface area contributed by atoms with Gasteiger partial charge in [-0.25, -0.2) is 20.2 Å². The molecule has 5 amide bonds. The first kappa shape index (κ1) is 61.5. The predicted molar refractivity (Wildman–Crippen MR) is 283 cm³/mol. The molecule has 1 fully saturated rings. The molecule has 1 unspecified atom stereocenters. The summed E-state index contributed by atoms with van der Waals surface area (Å²) in [6.45, 7) is 12.5. The molecule has 1 saturated heterocycles. The fraction of sp³-hybridized carbons (Fsp3) is 0.580. The lowest BCUT2D eigenvalue weighted by Gasteiger charge is -2.39. The van der Waals surface area contributed by atoms with Gasteiger partial charge in [0.05, 0.1) is 11.0 Å². The molecular weight excluding hydrogens is 1030 g/mol. The Kier molecular flexibility index (Phi) is 25.5. The molecule has 4 rings (SSSR count). The van der Waals surface area contributed by atoms with Crippen molar-refractivity contribution in [1.82, 2.24) is 41.3 Å². The Morgan fingerprint density at radius 1 is 1.00 bits per heavy atom. The van der Waals surface area contributed by atoms with Crippen LogP contribution in [-0.2, 0) is 44.6 Å². The number of nitrogens with one attached hydrogen (secondary N) is 4. The van der Waals surface area contributed by atoms with E-state index in [-0.39, 0.29) is 83.0 Å². The lowest BCUT2D eigenvalue weighted by molar-refractivity contribution is -0.388. The number of benzene rings is 1. The number of hydrogen-bond donors (Lipinski definition) is 5. The number of nitrogens with zero attached hydrogens (tertiary/aromatic N) is 5. The molecule has 0 aliphatic carbocycles. The average molecular weight is 1100 g/mol. The van der Waals surface area contributed by atoms with Crippen LogP contribution in [0.5, 0.6) is 5.75 Å². The minimum absolute atomic E-state index is 0.0100. The third-order valence-corrected chi connectivity index (χ3v) is 15.7. The molecular formula is C50H71N9O13S3. The number of hydrogen-bond acceptors (Lipinski definition) is 19. The summed E-state index contributed by atoms with van der Waals surface area (Å²) >= 11 is 1.06. The minimum Gasteiger partial charge on any atom is -0.508 e. The van der Waals surface area contributed by atoms with Crippen molar-refractivity contribution in [3.8, 4) is 5.75 Å². The molecule has 0 radical (unpaired) electrons. The number of ether oxygens (including phenoxy) is 3. The molecule has 0 bridgehead atoms. The van der Waals surface area contributed by atoms with E-state index in [4.69, 9.17) is 14.2 Å². The number of carbonyl (C=O) groups is 7. The largest absolute Gasteiger partial charge is 0.508 e. The highest BCUT2D eigenvalue weighted by Gasteiger charge is 2.39. The number of phenols is 1. The number of piperidine rings is 1. The van der Waals surface area contributed by atoms with E-state index in [0.717, 1.165) is 47.1 Å². The summed E-state index contributed by atoms with van der Waals surface area (Å²) < 4.78 is 16.7.